The van der Waals surface area contributed by atoms with Crippen molar-refractivity contribution in [3.8, 4) is 5.75 Å². The average Bonchev–Trinajstić information content (AvgIpc) is 3.32. The quantitative estimate of drug-likeness (QED) is 0.392. The molecule has 1 fully saturated rings. The third-order valence-electron chi connectivity index (χ3n) is 7.65. The fourth-order valence-corrected chi connectivity index (χ4v) is 5.45. The predicted molar refractivity (Wildman–Crippen MR) is 141 cm³/mol. The van der Waals surface area contributed by atoms with Crippen molar-refractivity contribution in [1.82, 2.24) is 25.6 Å². The molecule has 8 nitrogen and oxygen atoms in total. The zero-order chi connectivity index (χ0) is 25.8. The van der Waals surface area contributed by atoms with E-state index in [1.54, 1.807) is 4.68 Å². The van der Waals surface area contributed by atoms with Crippen LogP contribution in [-0.2, 0) is 24.2 Å². The summed E-state index contributed by atoms with van der Waals surface area (Å²) < 4.78 is 8.22. The van der Waals surface area contributed by atoms with Crippen LogP contribution in [0.4, 0.5) is 0 Å². The highest BCUT2D eigenvalue weighted by molar-refractivity contribution is 5.73. The molecule has 2 aromatic carbocycles. The first-order chi connectivity index (χ1) is 17.9. The number of fused-ring (bicyclic) bond motifs is 1. The van der Waals surface area contributed by atoms with Gasteiger partial charge in [-0.15, -0.1) is 5.10 Å². The number of amides is 1. The van der Waals surface area contributed by atoms with Crippen LogP contribution < -0.4 is 15.4 Å². The molecule has 2 heterocycles. The van der Waals surface area contributed by atoms with E-state index in [2.05, 4.69) is 46.1 Å². The average molecular weight is 504 g/mol. The minimum atomic E-state index is -0.791. The van der Waals surface area contributed by atoms with Gasteiger partial charge in [0.05, 0.1) is 24.4 Å². The highest BCUT2D eigenvalue weighted by Crippen LogP contribution is 2.49. The van der Waals surface area contributed by atoms with Crippen molar-refractivity contribution >= 4 is 5.91 Å². The van der Waals surface area contributed by atoms with E-state index >= 15 is 0 Å². The minimum absolute atomic E-state index is 0.0925. The Morgan fingerprint density at radius 1 is 1.22 bits per heavy atom. The monoisotopic (exact) mass is 503 g/mol. The van der Waals surface area contributed by atoms with Crippen LogP contribution in [0.2, 0.25) is 0 Å². The largest absolute Gasteiger partial charge is 0.487 e. The van der Waals surface area contributed by atoms with Gasteiger partial charge in [-0.3, -0.25) is 4.79 Å². The number of aliphatic hydroxyl groups is 1. The molecule has 1 aromatic heterocycles. The molecule has 0 unspecified atom stereocenters. The molecule has 1 amide bonds. The normalized spacial score (nSPS) is 19.4. The summed E-state index contributed by atoms with van der Waals surface area (Å²) in [6, 6.07) is 16.1. The number of rotatable bonds is 10. The second-order valence-corrected chi connectivity index (χ2v) is 10.5. The third-order valence-corrected chi connectivity index (χ3v) is 7.65. The highest BCUT2D eigenvalue weighted by atomic mass is 16.5. The summed E-state index contributed by atoms with van der Waals surface area (Å²) in [4.78, 5) is 12.0. The minimum Gasteiger partial charge on any atom is -0.487 e. The Labute approximate surface area is 218 Å². The maximum atomic E-state index is 12.0. The van der Waals surface area contributed by atoms with Gasteiger partial charge < -0.3 is 20.5 Å². The van der Waals surface area contributed by atoms with Crippen molar-refractivity contribution in [2.24, 2.45) is 0 Å². The molecular weight excluding hydrogens is 466 g/mol. The molecule has 8 heteroatoms. The zero-order valence-corrected chi connectivity index (χ0v) is 21.7. The van der Waals surface area contributed by atoms with Crippen molar-refractivity contribution in [3.63, 3.8) is 0 Å². The van der Waals surface area contributed by atoms with Crippen LogP contribution in [0.1, 0.15) is 68.0 Å². The summed E-state index contributed by atoms with van der Waals surface area (Å²) in [5, 5.41) is 26.2. The molecule has 3 atom stereocenters. The molecular formula is C29H37N5O3. The number of ether oxygens (including phenoxy) is 1. The van der Waals surface area contributed by atoms with Crippen LogP contribution in [0, 0.1) is 0 Å². The Balaban J connectivity index is 1.26. The van der Waals surface area contributed by atoms with Gasteiger partial charge in [0.2, 0.25) is 5.91 Å². The first kappa shape index (κ1) is 25.4. The molecule has 0 radical (unpaired) electrons. The summed E-state index contributed by atoms with van der Waals surface area (Å²) in [5.41, 5.74) is 4.19. The third kappa shape index (κ3) is 6.02. The number of aliphatic hydroxyl groups excluding tert-OH is 1. The molecule has 3 N–H and O–H groups in total. The van der Waals surface area contributed by atoms with Gasteiger partial charge in [0.1, 0.15) is 11.4 Å². The predicted octanol–water partition coefficient (Wildman–Crippen LogP) is 3.33. The first-order valence-electron chi connectivity index (χ1n) is 13.4. The Bertz CT molecular complexity index is 1210. The van der Waals surface area contributed by atoms with Crippen molar-refractivity contribution < 1.29 is 14.6 Å². The van der Waals surface area contributed by atoms with Gasteiger partial charge in [0.15, 0.2) is 0 Å². The first-order valence-corrected chi connectivity index (χ1v) is 13.4. The van der Waals surface area contributed by atoms with Gasteiger partial charge in [-0.05, 0) is 42.9 Å². The van der Waals surface area contributed by atoms with E-state index < -0.39 is 12.1 Å². The van der Waals surface area contributed by atoms with Crippen molar-refractivity contribution in [2.75, 3.05) is 6.54 Å². The maximum absolute atomic E-state index is 12.0. The summed E-state index contributed by atoms with van der Waals surface area (Å²) in [6.45, 7) is 4.59. The van der Waals surface area contributed by atoms with E-state index in [4.69, 9.17) is 4.74 Å². The van der Waals surface area contributed by atoms with Crippen LogP contribution in [0.3, 0.4) is 0 Å². The molecule has 1 aliphatic carbocycles. The molecule has 37 heavy (non-hydrogen) atoms. The number of nitrogens with zero attached hydrogens (tertiary/aromatic N) is 3. The maximum Gasteiger partial charge on any atom is 0.217 e. The van der Waals surface area contributed by atoms with Crippen LogP contribution in [0.15, 0.2) is 54.7 Å². The highest BCUT2D eigenvalue weighted by Gasteiger charge is 2.45. The number of aryl methyl sites for hydroxylation is 1. The van der Waals surface area contributed by atoms with Gasteiger partial charge in [-0.25, -0.2) is 4.68 Å². The van der Waals surface area contributed by atoms with Crippen molar-refractivity contribution in [2.45, 2.75) is 82.7 Å². The lowest BCUT2D eigenvalue weighted by Gasteiger charge is -2.48. The zero-order valence-electron chi connectivity index (χ0n) is 21.7. The second kappa shape index (κ2) is 11.0. The lowest BCUT2D eigenvalue weighted by Crippen LogP contribution is -2.52. The molecule has 0 bridgehead atoms. The molecule has 5 rings (SSSR count). The van der Waals surface area contributed by atoms with Gasteiger partial charge in [0, 0.05) is 44.1 Å². The number of nitrogens with one attached hydrogen (secondary N) is 2. The lowest BCUT2D eigenvalue weighted by molar-refractivity contribution is -0.120. The summed E-state index contributed by atoms with van der Waals surface area (Å²) in [6.07, 6.45) is 6.65. The number of carbonyl (C=O) groups excluding carboxylic acids is 1. The molecule has 3 aromatic rings. The van der Waals surface area contributed by atoms with Gasteiger partial charge in [-0.1, -0.05) is 54.6 Å². The fourth-order valence-electron chi connectivity index (χ4n) is 5.45. The second-order valence-electron chi connectivity index (χ2n) is 10.5. The Morgan fingerprint density at radius 3 is 2.73 bits per heavy atom. The van der Waals surface area contributed by atoms with Crippen LogP contribution in [-0.4, -0.2) is 50.3 Å². The number of benzene rings is 2. The van der Waals surface area contributed by atoms with Crippen LogP contribution in [0.5, 0.6) is 5.75 Å². The SMILES string of the molecule is CCc1ccc2c(c1)[C@@H](NC[C@@H](O)[C@H](Cc1cn(Cc3ccccc3)nn1)NC(C)=O)CC1(CCC1)O2. The molecule has 0 saturated heterocycles. The Hall–Kier alpha value is -3.23. The number of hydrogen-bond acceptors (Lipinski definition) is 6. The fraction of sp³-hybridized carbons (Fsp3) is 0.483. The Kier molecular flexibility index (Phi) is 7.58. The van der Waals surface area contributed by atoms with E-state index in [0.29, 0.717) is 19.5 Å². The standard InChI is InChI=1S/C29H37N5O3/c1-3-21-10-11-28-24(14-21)26(16-29(37-28)12-7-13-29)30-17-27(36)25(31-20(2)35)15-23-19-34(33-32-23)18-22-8-5-4-6-9-22/h4-6,8-11,14,19,25-27,30,36H,3,7,12-13,15-18H2,1-2H3,(H,31,35)/t25-,26-,27+/m0/s1. The molecule has 1 spiro atoms. The Morgan fingerprint density at radius 2 is 2.03 bits per heavy atom. The summed E-state index contributed by atoms with van der Waals surface area (Å²) in [5.74, 6) is 0.765. The van der Waals surface area contributed by atoms with Crippen molar-refractivity contribution in [1.29, 1.82) is 0 Å². The van der Waals surface area contributed by atoms with Gasteiger partial charge in [0.25, 0.3) is 0 Å². The summed E-state index contributed by atoms with van der Waals surface area (Å²) in [7, 11) is 0. The number of carbonyl (C=O) groups is 1. The van der Waals surface area contributed by atoms with Crippen molar-refractivity contribution in [3.05, 3.63) is 77.1 Å². The van der Waals surface area contributed by atoms with E-state index in [9.17, 15) is 9.90 Å². The molecule has 2 aliphatic rings. The smallest absolute Gasteiger partial charge is 0.217 e. The molecule has 1 saturated carbocycles. The van der Waals surface area contributed by atoms with Gasteiger partial charge >= 0.3 is 0 Å². The topological polar surface area (TPSA) is 101 Å². The molecule has 196 valence electrons. The summed E-state index contributed by atoms with van der Waals surface area (Å²) >= 11 is 0. The van der Waals surface area contributed by atoms with E-state index in [1.165, 1.54) is 18.9 Å². The van der Waals surface area contributed by atoms with E-state index in [0.717, 1.165) is 48.3 Å². The number of aromatic nitrogens is 3. The van der Waals surface area contributed by atoms with Gasteiger partial charge in [-0.2, -0.15) is 0 Å². The van der Waals surface area contributed by atoms with E-state index in [-0.39, 0.29) is 17.6 Å². The van der Waals surface area contributed by atoms with E-state index in [1.807, 2.05) is 36.5 Å². The molecule has 1 aliphatic heterocycles. The number of hydrogen-bond donors (Lipinski definition) is 3. The van der Waals surface area contributed by atoms with Crippen LogP contribution in [0.25, 0.3) is 0 Å². The lowest BCUT2D eigenvalue weighted by atomic mass is 9.72. The van der Waals surface area contributed by atoms with Crippen LogP contribution >= 0.6 is 0 Å².